The zero-order valence-electron chi connectivity index (χ0n) is 10.3. The van der Waals surface area contributed by atoms with Crippen molar-refractivity contribution in [2.75, 3.05) is 26.2 Å². The van der Waals surface area contributed by atoms with Crippen molar-refractivity contribution >= 4 is 5.97 Å². The maximum Gasteiger partial charge on any atom is 0.310 e. The molecule has 92 valence electrons. The minimum Gasteiger partial charge on any atom is -0.466 e. The average molecular weight is 225 g/mol. The normalized spacial score (nSPS) is 21.7. The summed E-state index contributed by atoms with van der Waals surface area (Å²) in [7, 11) is 0. The van der Waals surface area contributed by atoms with Gasteiger partial charge in [-0.15, -0.1) is 6.58 Å². The smallest absolute Gasteiger partial charge is 0.310 e. The van der Waals surface area contributed by atoms with Crippen LogP contribution in [-0.2, 0) is 9.53 Å². The van der Waals surface area contributed by atoms with E-state index in [1.807, 2.05) is 13.0 Å². The van der Waals surface area contributed by atoms with E-state index in [0.717, 1.165) is 45.3 Å². The van der Waals surface area contributed by atoms with Crippen molar-refractivity contribution in [1.29, 1.82) is 0 Å². The van der Waals surface area contributed by atoms with Crippen molar-refractivity contribution in [2.24, 2.45) is 5.92 Å². The number of likely N-dealkylation sites (tertiary alicyclic amines) is 1. The number of esters is 1. The molecule has 0 N–H and O–H groups in total. The maximum absolute atomic E-state index is 11.6. The minimum atomic E-state index is -0.0177. The predicted octanol–water partition coefficient (Wildman–Crippen LogP) is 2.23. The molecule has 1 heterocycles. The summed E-state index contributed by atoms with van der Waals surface area (Å²) in [5, 5.41) is 0. The van der Waals surface area contributed by atoms with E-state index in [1.54, 1.807) is 0 Å². The molecule has 1 fully saturated rings. The highest BCUT2D eigenvalue weighted by Gasteiger charge is 2.26. The highest BCUT2D eigenvalue weighted by molar-refractivity contribution is 5.72. The lowest BCUT2D eigenvalue weighted by atomic mass is 9.98. The lowest BCUT2D eigenvalue weighted by molar-refractivity contribution is -0.149. The molecule has 0 bridgehead atoms. The first-order valence-corrected chi connectivity index (χ1v) is 6.27. The predicted molar refractivity (Wildman–Crippen MR) is 65.2 cm³/mol. The number of carbonyl (C=O) groups is 1. The molecule has 1 atom stereocenters. The van der Waals surface area contributed by atoms with Gasteiger partial charge in [-0.1, -0.05) is 6.08 Å². The maximum atomic E-state index is 11.6. The third kappa shape index (κ3) is 4.35. The summed E-state index contributed by atoms with van der Waals surface area (Å²) in [5.41, 5.74) is 0. The summed E-state index contributed by atoms with van der Waals surface area (Å²) in [6.45, 7) is 9.13. The van der Waals surface area contributed by atoms with Gasteiger partial charge in [-0.3, -0.25) is 4.79 Å². The largest absolute Gasteiger partial charge is 0.466 e. The molecule has 0 unspecified atom stereocenters. The SMILES string of the molecule is C=CCCCN1CCC[C@H](C(=O)OCC)C1. The van der Waals surface area contributed by atoms with Crippen LogP contribution in [0.4, 0.5) is 0 Å². The van der Waals surface area contributed by atoms with Crippen molar-refractivity contribution in [1.82, 2.24) is 4.90 Å². The van der Waals surface area contributed by atoms with E-state index < -0.39 is 0 Å². The van der Waals surface area contributed by atoms with Gasteiger partial charge in [0.25, 0.3) is 0 Å². The molecular formula is C13H23NO2. The van der Waals surface area contributed by atoms with E-state index in [0.29, 0.717) is 6.61 Å². The van der Waals surface area contributed by atoms with Gasteiger partial charge in [0.2, 0.25) is 0 Å². The topological polar surface area (TPSA) is 29.5 Å². The second-order valence-corrected chi connectivity index (χ2v) is 4.32. The van der Waals surface area contributed by atoms with Gasteiger partial charge < -0.3 is 9.64 Å². The van der Waals surface area contributed by atoms with Crippen molar-refractivity contribution < 1.29 is 9.53 Å². The molecule has 3 heteroatoms. The molecule has 1 saturated heterocycles. The van der Waals surface area contributed by atoms with Crippen LogP contribution < -0.4 is 0 Å². The quantitative estimate of drug-likeness (QED) is 0.394. The van der Waals surface area contributed by atoms with E-state index in [4.69, 9.17) is 4.74 Å². The highest BCUT2D eigenvalue weighted by atomic mass is 16.5. The molecule has 1 aliphatic heterocycles. The Hall–Kier alpha value is -0.830. The molecule has 0 aromatic rings. The molecular weight excluding hydrogens is 202 g/mol. The summed E-state index contributed by atoms with van der Waals surface area (Å²) in [6, 6.07) is 0. The molecule has 0 aromatic carbocycles. The number of hydrogen-bond donors (Lipinski definition) is 0. The molecule has 0 saturated carbocycles. The van der Waals surface area contributed by atoms with Gasteiger partial charge in [-0.2, -0.15) is 0 Å². The highest BCUT2D eigenvalue weighted by Crippen LogP contribution is 2.18. The fourth-order valence-corrected chi connectivity index (χ4v) is 2.17. The van der Waals surface area contributed by atoms with Crippen LogP contribution in [0.25, 0.3) is 0 Å². The van der Waals surface area contributed by atoms with E-state index >= 15 is 0 Å². The van der Waals surface area contributed by atoms with E-state index in [9.17, 15) is 4.79 Å². The van der Waals surface area contributed by atoms with E-state index in [1.165, 1.54) is 0 Å². The first-order valence-electron chi connectivity index (χ1n) is 6.27. The Morgan fingerprint density at radius 3 is 3.12 bits per heavy atom. The number of carbonyl (C=O) groups excluding carboxylic acids is 1. The number of ether oxygens (including phenoxy) is 1. The van der Waals surface area contributed by atoms with Gasteiger partial charge in [0.15, 0.2) is 0 Å². The Balaban J connectivity index is 2.29. The Kier molecular flexibility index (Phi) is 6.16. The zero-order chi connectivity index (χ0) is 11.8. The number of rotatable bonds is 6. The summed E-state index contributed by atoms with van der Waals surface area (Å²) >= 11 is 0. The van der Waals surface area contributed by atoms with Crippen molar-refractivity contribution in [3.8, 4) is 0 Å². The zero-order valence-corrected chi connectivity index (χ0v) is 10.3. The molecule has 3 nitrogen and oxygen atoms in total. The van der Waals surface area contributed by atoms with Crippen molar-refractivity contribution in [3.05, 3.63) is 12.7 Å². The lowest BCUT2D eigenvalue weighted by Gasteiger charge is -2.31. The lowest BCUT2D eigenvalue weighted by Crippen LogP contribution is -2.39. The van der Waals surface area contributed by atoms with Gasteiger partial charge in [0.1, 0.15) is 0 Å². The summed E-state index contributed by atoms with van der Waals surface area (Å²) in [6.07, 6.45) is 6.24. The Morgan fingerprint density at radius 2 is 2.44 bits per heavy atom. The molecule has 0 amide bonds. The second kappa shape index (κ2) is 7.44. The number of hydrogen-bond acceptors (Lipinski definition) is 3. The van der Waals surface area contributed by atoms with Crippen LogP contribution in [0.1, 0.15) is 32.6 Å². The molecule has 0 radical (unpaired) electrons. The van der Waals surface area contributed by atoms with Crippen LogP contribution in [-0.4, -0.2) is 37.1 Å². The van der Waals surface area contributed by atoms with E-state index in [-0.39, 0.29) is 11.9 Å². The number of nitrogens with zero attached hydrogens (tertiary/aromatic N) is 1. The van der Waals surface area contributed by atoms with Crippen LogP contribution in [0.15, 0.2) is 12.7 Å². The van der Waals surface area contributed by atoms with Crippen molar-refractivity contribution in [3.63, 3.8) is 0 Å². The molecule has 1 aliphatic rings. The standard InChI is InChI=1S/C13H23NO2/c1-3-5-6-9-14-10-7-8-12(11-14)13(15)16-4-2/h3,12H,1,4-11H2,2H3/t12-/m0/s1. The molecule has 0 spiro atoms. The van der Waals surface area contributed by atoms with Gasteiger partial charge in [-0.05, 0) is 45.7 Å². The number of piperidine rings is 1. The van der Waals surface area contributed by atoms with Gasteiger partial charge in [-0.25, -0.2) is 0 Å². The molecule has 16 heavy (non-hydrogen) atoms. The first kappa shape index (κ1) is 13.2. The summed E-state index contributed by atoms with van der Waals surface area (Å²) < 4.78 is 5.07. The fourth-order valence-electron chi connectivity index (χ4n) is 2.17. The monoisotopic (exact) mass is 225 g/mol. The van der Waals surface area contributed by atoms with Crippen LogP contribution in [0.3, 0.4) is 0 Å². The first-order chi connectivity index (χ1) is 7.77. The Labute approximate surface area is 98.5 Å². The van der Waals surface area contributed by atoms with Crippen LogP contribution in [0.2, 0.25) is 0 Å². The van der Waals surface area contributed by atoms with Gasteiger partial charge >= 0.3 is 5.97 Å². The molecule has 1 rings (SSSR count). The average Bonchev–Trinajstić information content (AvgIpc) is 2.30. The van der Waals surface area contributed by atoms with Crippen LogP contribution >= 0.6 is 0 Å². The molecule has 0 aromatic heterocycles. The van der Waals surface area contributed by atoms with Gasteiger partial charge in [0.05, 0.1) is 12.5 Å². The second-order valence-electron chi connectivity index (χ2n) is 4.32. The van der Waals surface area contributed by atoms with Crippen molar-refractivity contribution in [2.45, 2.75) is 32.6 Å². The molecule has 0 aliphatic carbocycles. The minimum absolute atomic E-state index is 0.0177. The third-order valence-electron chi connectivity index (χ3n) is 3.01. The van der Waals surface area contributed by atoms with Crippen LogP contribution in [0.5, 0.6) is 0 Å². The third-order valence-corrected chi connectivity index (χ3v) is 3.01. The fraction of sp³-hybridized carbons (Fsp3) is 0.769. The number of allylic oxidation sites excluding steroid dienone is 1. The van der Waals surface area contributed by atoms with Crippen LogP contribution in [0, 0.1) is 5.92 Å². The summed E-state index contributed by atoms with van der Waals surface area (Å²) in [5.74, 6) is 0.0772. The number of unbranched alkanes of at least 4 members (excludes halogenated alkanes) is 1. The van der Waals surface area contributed by atoms with Gasteiger partial charge in [0, 0.05) is 6.54 Å². The van der Waals surface area contributed by atoms with E-state index in [2.05, 4.69) is 11.5 Å². The Morgan fingerprint density at radius 1 is 1.62 bits per heavy atom. The summed E-state index contributed by atoms with van der Waals surface area (Å²) in [4.78, 5) is 14.0. The Bertz CT molecular complexity index is 228.